The van der Waals surface area contributed by atoms with Gasteiger partial charge >= 0.3 is 0 Å². The molecule has 0 fully saturated rings. The van der Waals surface area contributed by atoms with Crippen molar-refractivity contribution in [3.05, 3.63) is 54.6 Å². The highest BCUT2D eigenvalue weighted by Crippen LogP contribution is 2.27. The number of ether oxygens (including phenoxy) is 1. The molecule has 4 bridgehead atoms. The van der Waals surface area contributed by atoms with Crippen LogP contribution in [-0.4, -0.2) is 41.1 Å². The fraction of sp³-hybridized carbons (Fsp3) is 0.200. The average Bonchev–Trinajstić information content (AvgIpc) is 2.71. The van der Waals surface area contributed by atoms with Crippen LogP contribution in [0.4, 0.5) is 17.2 Å². The van der Waals surface area contributed by atoms with Crippen LogP contribution < -0.4 is 20.7 Å². The van der Waals surface area contributed by atoms with Crippen molar-refractivity contribution in [2.45, 2.75) is 6.42 Å². The lowest BCUT2D eigenvalue weighted by Crippen LogP contribution is -2.23. The lowest BCUT2D eigenvalue weighted by Gasteiger charge is -2.22. The van der Waals surface area contributed by atoms with Crippen molar-refractivity contribution >= 4 is 23.1 Å². The molecule has 4 rings (SSSR count). The predicted molar refractivity (Wildman–Crippen MR) is 107 cm³/mol. The second kappa shape index (κ2) is 7.51. The number of anilines is 3. The molecule has 8 heteroatoms. The van der Waals surface area contributed by atoms with Gasteiger partial charge in [-0.1, -0.05) is 12.1 Å². The third-order valence-electron chi connectivity index (χ3n) is 4.51. The number of benzene rings is 1. The van der Waals surface area contributed by atoms with E-state index in [1.165, 1.54) is 0 Å². The van der Waals surface area contributed by atoms with E-state index in [2.05, 4.69) is 20.3 Å². The van der Waals surface area contributed by atoms with Crippen LogP contribution in [0.15, 0.2) is 48.9 Å². The van der Waals surface area contributed by atoms with Crippen LogP contribution in [0.25, 0.3) is 11.3 Å². The largest absolute Gasteiger partial charge is 0.494 e. The highest BCUT2D eigenvalue weighted by molar-refractivity contribution is 6.07. The standard InChI is InChI=1S/C20H20N6O2/c1-26-8-3-9-28-14-5-2-4-13(10-14)15-12-23-19(21)18(24-15)20(27)25-16-11-22-7-6-17(16)26/h2,4-7,10-12H,3,8-9H2,1H3,(H2,21,23)(H,25,27). The summed E-state index contributed by atoms with van der Waals surface area (Å²) in [5, 5.41) is 2.86. The molecule has 2 aromatic heterocycles. The number of nitrogens with zero attached hydrogens (tertiary/aromatic N) is 4. The number of nitrogens with one attached hydrogen (secondary N) is 1. The summed E-state index contributed by atoms with van der Waals surface area (Å²) < 4.78 is 5.88. The second-order valence-electron chi connectivity index (χ2n) is 6.49. The van der Waals surface area contributed by atoms with Crippen molar-refractivity contribution < 1.29 is 9.53 Å². The molecule has 1 aliphatic rings. The lowest BCUT2D eigenvalue weighted by molar-refractivity contribution is 0.102. The number of carbonyl (C=O) groups excluding carboxylic acids is 1. The van der Waals surface area contributed by atoms with Crippen molar-refractivity contribution in [3.63, 3.8) is 0 Å². The van der Waals surface area contributed by atoms with Gasteiger partial charge < -0.3 is 20.7 Å². The van der Waals surface area contributed by atoms with E-state index >= 15 is 0 Å². The topological polar surface area (TPSA) is 106 Å². The van der Waals surface area contributed by atoms with Gasteiger partial charge in [0.15, 0.2) is 11.5 Å². The van der Waals surface area contributed by atoms with Crippen LogP contribution >= 0.6 is 0 Å². The first kappa shape index (κ1) is 17.7. The van der Waals surface area contributed by atoms with Crippen LogP contribution in [0.1, 0.15) is 16.9 Å². The van der Waals surface area contributed by atoms with Gasteiger partial charge in [0.1, 0.15) is 5.75 Å². The molecule has 0 atom stereocenters. The van der Waals surface area contributed by atoms with Crippen molar-refractivity contribution in [2.75, 3.05) is 36.1 Å². The van der Waals surface area contributed by atoms with Crippen LogP contribution in [0.2, 0.25) is 0 Å². The van der Waals surface area contributed by atoms with Crippen LogP contribution in [0.5, 0.6) is 5.75 Å². The lowest BCUT2D eigenvalue weighted by atomic mass is 10.1. The first-order valence-electron chi connectivity index (χ1n) is 8.94. The highest BCUT2D eigenvalue weighted by atomic mass is 16.5. The van der Waals surface area contributed by atoms with E-state index in [0.717, 1.165) is 30.0 Å². The molecule has 0 unspecified atom stereocenters. The number of amides is 1. The zero-order valence-electron chi connectivity index (χ0n) is 15.4. The molecule has 3 N–H and O–H groups in total. The summed E-state index contributed by atoms with van der Waals surface area (Å²) in [6.45, 7) is 1.32. The molecule has 8 nitrogen and oxygen atoms in total. The summed E-state index contributed by atoms with van der Waals surface area (Å²) in [5.74, 6) is 0.373. The summed E-state index contributed by atoms with van der Waals surface area (Å²) >= 11 is 0. The van der Waals surface area contributed by atoms with Crippen LogP contribution in [0, 0.1) is 0 Å². The van der Waals surface area contributed by atoms with E-state index in [1.807, 2.05) is 42.3 Å². The molecule has 0 saturated carbocycles. The van der Waals surface area contributed by atoms with Gasteiger partial charge in [-0.05, 0) is 24.6 Å². The minimum absolute atomic E-state index is 0.0659. The number of hydrogen-bond acceptors (Lipinski definition) is 7. The fourth-order valence-electron chi connectivity index (χ4n) is 3.06. The number of aromatic nitrogens is 3. The van der Waals surface area contributed by atoms with Crippen molar-refractivity contribution in [1.82, 2.24) is 15.0 Å². The van der Waals surface area contributed by atoms with Crippen LogP contribution in [0.3, 0.4) is 0 Å². The number of nitrogen functional groups attached to an aromatic ring is 1. The van der Waals surface area contributed by atoms with E-state index in [-0.39, 0.29) is 11.5 Å². The normalized spacial score (nSPS) is 14.2. The zero-order valence-corrected chi connectivity index (χ0v) is 15.4. The Bertz CT molecular complexity index is 1020. The molecular weight excluding hydrogens is 356 g/mol. The minimum atomic E-state index is -0.434. The highest BCUT2D eigenvalue weighted by Gasteiger charge is 2.18. The molecule has 0 saturated heterocycles. The number of fused-ring (bicyclic) bond motifs is 6. The first-order chi connectivity index (χ1) is 13.6. The molecule has 0 aliphatic carbocycles. The van der Waals surface area contributed by atoms with E-state index in [0.29, 0.717) is 18.0 Å². The summed E-state index contributed by atoms with van der Waals surface area (Å²) in [6.07, 6.45) is 5.66. The number of rotatable bonds is 0. The van der Waals surface area contributed by atoms with Crippen molar-refractivity contribution in [2.24, 2.45) is 0 Å². The quantitative estimate of drug-likeness (QED) is 0.621. The molecule has 3 aromatic rings. The fourth-order valence-corrected chi connectivity index (χ4v) is 3.06. The smallest absolute Gasteiger partial charge is 0.278 e. The van der Waals surface area contributed by atoms with Gasteiger partial charge in [0.2, 0.25) is 0 Å². The maximum Gasteiger partial charge on any atom is 0.278 e. The molecule has 142 valence electrons. The number of nitrogens with two attached hydrogens (primary N) is 1. The molecule has 1 aromatic carbocycles. The molecular formula is C20H20N6O2. The Balaban J connectivity index is 1.79. The Morgan fingerprint density at radius 3 is 3.04 bits per heavy atom. The maximum absolute atomic E-state index is 12.9. The van der Waals surface area contributed by atoms with E-state index < -0.39 is 5.91 Å². The van der Waals surface area contributed by atoms with Gasteiger partial charge in [0, 0.05) is 25.4 Å². The number of pyridine rings is 1. The van der Waals surface area contributed by atoms with Gasteiger partial charge in [0.05, 0.1) is 36.1 Å². The van der Waals surface area contributed by atoms with Crippen LogP contribution in [-0.2, 0) is 0 Å². The Kier molecular flexibility index (Phi) is 4.76. The van der Waals surface area contributed by atoms with Crippen molar-refractivity contribution in [3.8, 4) is 17.0 Å². The first-order valence-corrected chi connectivity index (χ1v) is 8.94. The average molecular weight is 376 g/mol. The molecule has 1 amide bonds. The summed E-state index contributed by atoms with van der Waals surface area (Å²) in [6, 6.07) is 9.39. The molecule has 0 radical (unpaired) electrons. The number of hydrogen-bond donors (Lipinski definition) is 2. The van der Waals surface area contributed by atoms with Gasteiger partial charge in [-0.15, -0.1) is 0 Å². The third-order valence-corrected chi connectivity index (χ3v) is 4.51. The maximum atomic E-state index is 12.9. The molecule has 0 spiro atoms. The van der Waals surface area contributed by atoms with Gasteiger partial charge in [-0.2, -0.15) is 0 Å². The SMILES string of the molecule is CN1CCCOc2cccc(c2)-c2cnc(N)c(n2)C(=O)Nc2cnccc21. The Morgan fingerprint density at radius 1 is 1.25 bits per heavy atom. The Labute approximate surface area is 162 Å². The van der Waals surface area contributed by atoms with Gasteiger partial charge in [-0.3, -0.25) is 9.78 Å². The van der Waals surface area contributed by atoms with E-state index in [9.17, 15) is 4.79 Å². The Hall–Kier alpha value is -3.68. The minimum Gasteiger partial charge on any atom is -0.494 e. The summed E-state index contributed by atoms with van der Waals surface area (Å²) in [7, 11) is 1.96. The van der Waals surface area contributed by atoms with Gasteiger partial charge in [-0.25, -0.2) is 9.97 Å². The number of carbonyl (C=O) groups is 1. The monoisotopic (exact) mass is 376 g/mol. The predicted octanol–water partition coefficient (Wildman–Crippen LogP) is 2.59. The summed E-state index contributed by atoms with van der Waals surface area (Å²) in [4.78, 5) is 27.6. The third kappa shape index (κ3) is 3.57. The van der Waals surface area contributed by atoms with Gasteiger partial charge in [0.25, 0.3) is 5.91 Å². The van der Waals surface area contributed by atoms with E-state index in [1.54, 1.807) is 18.6 Å². The van der Waals surface area contributed by atoms with E-state index in [4.69, 9.17) is 10.5 Å². The Morgan fingerprint density at radius 2 is 2.14 bits per heavy atom. The molecule has 3 heterocycles. The van der Waals surface area contributed by atoms with Crippen molar-refractivity contribution in [1.29, 1.82) is 0 Å². The summed E-state index contributed by atoms with van der Waals surface area (Å²) in [5.41, 5.74) is 8.77. The molecule has 28 heavy (non-hydrogen) atoms. The second-order valence-corrected chi connectivity index (χ2v) is 6.49. The zero-order chi connectivity index (χ0) is 19.5. The molecule has 1 aliphatic heterocycles.